The Morgan fingerprint density at radius 2 is 2.09 bits per heavy atom. The summed E-state index contributed by atoms with van der Waals surface area (Å²) in [5.74, 6) is 0.134. The van der Waals surface area contributed by atoms with E-state index < -0.39 is 22.0 Å². The van der Waals surface area contributed by atoms with Gasteiger partial charge < -0.3 is 14.7 Å². The molecule has 0 radical (unpaired) electrons. The summed E-state index contributed by atoms with van der Waals surface area (Å²) in [7, 11) is -3.83. The minimum absolute atomic E-state index is 0.157. The third kappa shape index (κ3) is 7.78. The van der Waals surface area contributed by atoms with E-state index in [2.05, 4.69) is 41.3 Å². The summed E-state index contributed by atoms with van der Waals surface area (Å²) in [5.41, 5.74) is 3.27. The maximum absolute atomic E-state index is 13.3. The second-order valence-electron chi connectivity index (χ2n) is 13.3. The first-order valence-electron chi connectivity index (χ1n) is 16.4. The molecule has 7 nitrogen and oxygen atoms in total. The van der Waals surface area contributed by atoms with Crippen LogP contribution in [-0.4, -0.2) is 51.0 Å². The number of nitrogens with one attached hydrogen (secondary N) is 1. The SMILES string of the molecule is C=CCC(C)CS(=O)(=O)NC(=O)c1ccc2c(c1)N(C[C@@H]1CC[C@H]1C(O)/C=C/CCC)C[C@@]1(CCCc3cc(Cl)ccc31)CO2. The zero-order chi connectivity index (χ0) is 32.2. The zero-order valence-electron chi connectivity index (χ0n) is 26.5. The summed E-state index contributed by atoms with van der Waals surface area (Å²) in [5, 5.41) is 11.7. The molecule has 2 N–H and O–H groups in total. The average Bonchev–Trinajstić information content (AvgIpc) is 3.12. The van der Waals surface area contributed by atoms with Crippen LogP contribution >= 0.6 is 11.6 Å². The minimum Gasteiger partial charge on any atom is -0.490 e. The molecule has 0 saturated heterocycles. The molecule has 0 aromatic heterocycles. The Bertz CT molecular complexity index is 1530. The van der Waals surface area contributed by atoms with Crippen molar-refractivity contribution >= 4 is 33.2 Å². The molecular formula is C36H47ClN2O5S. The van der Waals surface area contributed by atoms with Crippen LogP contribution in [0.15, 0.2) is 61.2 Å². The highest BCUT2D eigenvalue weighted by atomic mass is 35.5. The van der Waals surface area contributed by atoms with Gasteiger partial charge in [-0.1, -0.05) is 56.2 Å². The number of aryl methyl sites for hydroxylation is 1. The fourth-order valence-electron chi connectivity index (χ4n) is 7.32. The molecule has 45 heavy (non-hydrogen) atoms. The largest absolute Gasteiger partial charge is 0.490 e. The van der Waals surface area contributed by atoms with Gasteiger partial charge in [-0.25, -0.2) is 13.1 Å². The van der Waals surface area contributed by atoms with Crippen LogP contribution in [0.3, 0.4) is 0 Å². The lowest BCUT2D eigenvalue weighted by molar-refractivity contribution is 0.0456. The summed E-state index contributed by atoms with van der Waals surface area (Å²) < 4.78 is 34.4. The molecule has 2 aliphatic carbocycles. The molecule has 5 atom stereocenters. The fraction of sp³-hybridized carbons (Fsp3) is 0.528. The highest BCUT2D eigenvalue weighted by Crippen LogP contribution is 2.46. The number of aliphatic hydroxyl groups is 1. The maximum Gasteiger partial charge on any atom is 0.264 e. The van der Waals surface area contributed by atoms with Gasteiger partial charge in [-0.2, -0.15) is 0 Å². The van der Waals surface area contributed by atoms with E-state index in [1.165, 1.54) is 11.1 Å². The van der Waals surface area contributed by atoms with E-state index in [-0.39, 0.29) is 34.5 Å². The molecule has 244 valence electrons. The zero-order valence-corrected chi connectivity index (χ0v) is 28.1. The van der Waals surface area contributed by atoms with Crippen LogP contribution in [-0.2, 0) is 21.9 Å². The highest BCUT2D eigenvalue weighted by molar-refractivity contribution is 7.90. The van der Waals surface area contributed by atoms with Crippen molar-refractivity contribution in [3.05, 3.63) is 82.9 Å². The molecule has 3 aliphatic rings. The van der Waals surface area contributed by atoms with E-state index in [1.807, 2.05) is 19.1 Å². The Kier molecular flexibility index (Phi) is 10.7. The second kappa shape index (κ2) is 14.3. The van der Waals surface area contributed by atoms with Gasteiger partial charge in [-0.15, -0.1) is 6.58 Å². The van der Waals surface area contributed by atoms with Crippen LogP contribution in [0.1, 0.15) is 80.3 Å². The number of amides is 1. The first-order chi connectivity index (χ1) is 21.5. The Balaban J connectivity index is 1.46. The number of allylic oxidation sites excluding steroid dienone is 2. The molecule has 1 heterocycles. The van der Waals surface area contributed by atoms with Crippen molar-refractivity contribution in [2.75, 3.05) is 30.3 Å². The quantitative estimate of drug-likeness (QED) is 0.244. The Morgan fingerprint density at radius 3 is 2.82 bits per heavy atom. The molecule has 1 amide bonds. The average molecular weight is 655 g/mol. The van der Waals surface area contributed by atoms with Crippen molar-refractivity contribution in [1.29, 1.82) is 0 Å². The first kappa shape index (κ1) is 33.6. The number of anilines is 1. The van der Waals surface area contributed by atoms with Gasteiger partial charge >= 0.3 is 0 Å². The van der Waals surface area contributed by atoms with Gasteiger partial charge in [0.15, 0.2) is 0 Å². The number of aliphatic hydroxyl groups excluding tert-OH is 1. The van der Waals surface area contributed by atoms with Crippen molar-refractivity contribution in [3.63, 3.8) is 0 Å². The van der Waals surface area contributed by atoms with E-state index in [0.29, 0.717) is 31.9 Å². The van der Waals surface area contributed by atoms with E-state index in [0.717, 1.165) is 55.7 Å². The van der Waals surface area contributed by atoms with Crippen molar-refractivity contribution in [2.45, 2.75) is 76.7 Å². The van der Waals surface area contributed by atoms with Crippen LogP contribution in [0, 0.1) is 17.8 Å². The van der Waals surface area contributed by atoms with Crippen molar-refractivity contribution < 1.29 is 23.1 Å². The molecular weight excluding hydrogens is 608 g/mol. The number of benzene rings is 2. The number of ether oxygens (including phenoxy) is 1. The van der Waals surface area contributed by atoms with Gasteiger partial charge in [0.1, 0.15) is 5.75 Å². The fourth-order valence-corrected chi connectivity index (χ4v) is 8.89. The molecule has 2 aromatic carbocycles. The summed E-state index contributed by atoms with van der Waals surface area (Å²) in [6, 6.07) is 11.4. The smallest absolute Gasteiger partial charge is 0.264 e. The molecule has 9 heteroatoms. The van der Waals surface area contributed by atoms with Gasteiger partial charge in [0, 0.05) is 29.1 Å². The van der Waals surface area contributed by atoms with Crippen molar-refractivity contribution in [2.24, 2.45) is 17.8 Å². The van der Waals surface area contributed by atoms with Gasteiger partial charge in [0.05, 0.1) is 24.2 Å². The van der Waals surface area contributed by atoms with Crippen LogP contribution in [0.5, 0.6) is 5.75 Å². The number of nitrogens with zero attached hydrogens (tertiary/aromatic N) is 1. The summed E-state index contributed by atoms with van der Waals surface area (Å²) in [4.78, 5) is 15.6. The number of hydrogen-bond donors (Lipinski definition) is 2. The third-order valence-electron chi connectivity index (χ3n) is 9.78. The van der Waals surface area contributed by atoms with Gasteiger partial charge in [-0.3, -0.25) is 4.79 Å². The van der Waals surface area contributed by atoms with Gasteiger partial charge in [0.2, 0.25) is 10.0 Å². The van der Waals surface area contributed by atoms with E-state index in [4.69, 9.17) is 16.3 Å². The number of fused-ring (bicyclic) bond motifs is 3. The summed E-state index contributed by atoms with van der Waals surface area (Å²) in [6.07, 6.45) is 12.7. The Morgan fingerprint density at radius 1 is 1.27 bits per heavy atom. The predicted octanol–water partition coefficient (Wildman–Crippen LogP) is 6.83. The van der Waals surface area contributed by atoms with E-state index >= 15 is 0 Å². The molecule has 1 fully saturated rings. The van der Waals surface area contributed by atoms with Crippen molar-refractivity contribution in [1.82, 2.24) is 4.72 Å². The van der Waals surface area contributed by atoms with Gasteiger partial charge in [0.25, 0.3) is 5.91 Å². The van der Waals surface area contributed by atoms with Crippen LogP contribution in [0.2, 0.25) is 5.02 Å². The molecule has 1 aliphatic heterocycles. The molecule has 2 unspecified atom stereocenters. The summed E-state index contributed by atoms with van der Waals surface area (Å²) >= 11 is 6.40. The van der Waals surface area contributed by atoms with E-state index in [1.54, 1.807) is 24.3 Å². The second-order valence-corrected chi connectivity index (χ2v) is 15.5. The number of halogens is 1. The van der Waals surface area contributed by atoms with Crippen LogP contribution in [0.25, 0.3) is 0 Å². The lowest BCUT2D eigenvalue weighted by Crippen LogP contribution is -2.49. The van der Waals surface area contributed by atoms with Crippen LogP contribution < -0.4 is 14.4 Å². The standard InChI is InChI=1S/C36H47ClN2O5S/c1-4-6-7-11-33(40)30-15-12-28(30)21-39-23-36(18-8-10-26-19-29(37)14-16-31(26)36)24-44-34-17-13-27(20-32(34)39)35(41)38-45(42,43)22-25(3)9-5-2/h5,7,11,13-14,16-17,19-20,25,28,30,33,40H,2,4,6,8-10,12,15,18,21-24H2,1,3H3,(H,38,41)/b11-7+/t25?,28-,30+,33?,36-/m0/s1. The minimum atomic E-state index is -3.83. The number of carbonyl (C=O) groups excluding carboxylic acids is 1. The monoisotopic (exact) mass is 654 g/mol. The van der Waals surface area contributed by atoms with Gasteiger partial charge in [-0.05, 0) is 104 Å². The van der Waals surface area contributed by atoms with E-state index in [9.17, 15) is 18.3 Å². The molecule has 0 bridgehead atoms. The Hall–Kier alpha value is -2.81. The lowest BCUT2D eigenvalue weighted by atomic mass is 9.68. The maximum atomic E-state index is 13.3. The predicted molar refractivity (Wildman–Crippen MR) is 182 cm³/mol. The topological polar surface area (TPSA) is 95.9 Å². The number of hydrogen-bond acceptors (Lipinski definition) is 6. The Labute approximate surface area is 273 Å². The molecule has 1 saturated carbocycles. The molecule has 2 aromatic rings. The number of unbranched alkanes of at least 4 members (excludes halogenated alkanes) is 1. The number of carbonyl (C=O) groups is 1. The number of sulfonamides is 1. The third-order valence-corrected chi connectivity index (χ3v) is 11.5. The summed E-state index contributed by atoms with van der Waals surface area (Å²) in [6.45, 7) is 9.50. The van der Waals surface area contributed by atoms with Crippen molar-refractivity contribution in [3.8, 4) is 5.75 Å². The van der Waals surface area contributed by atoms with Crippen LogP contribution in [0.4, 0.5) is 5.69 Å². The highest BCUT2D eigenvalue weighted by Gasteiger charge is 2.44. The molecule has 5 rings (SSSR count). The molecule has 1 spiro atoms. The normalized spacial score (nSPS) is 24.1. The lowest BCUT2D eigenvalue weighted by Gasteiger charge is -2.45. The first-order valence-corrected chi connectivity index (χ1v) is 18.4. The number of rotatable bonds is 12.